The van der Waals surface area contributed by atoms with Gasteiger partial charge in [-0.05, 0) is 44.5 Å². The van der Waals surface area contributed by atoms with Crippen molar-refractivity contribution >= 4 is 5.69 Å². The largest absolute Gasteiger partial charge is 0.497 e. The number of benzene rings is 1. The Morgan fingerprint density at radius 3 is 2.56 bits per heavy atom. The van der Waals surface area contributed by atoms with Crippen LogP contribution in [0.5, 0.6) is 5.75 Å². The molecular weight excluding hydrogens is 226 g/mol. The van der Waals surface area contributed by atoms with E-state index < -0.39 is 0 Å². The standard InChI is InChI=1S/C15H19NO2/c1-10-5-7-13(17-4)9-14(10)16-12(3)15-8-6-11(2)18-15/h5-9,12,16H,1-4H3. The second-order valence-electron chi connectivity index (χ2n) is 4.50. The van der Waals surface area contributed by atoms with E-state index in [-0.39, 0.29) is 6.04 Å². The number of hydrogen-bond donors (Lipinski definition) is 1. The lowest BCUT2D eigenvalue weighted by molar-refractivity contribution is 0.414. The predicted octanol–water partition coefficient (Wildman–Crippen LogP) is 4.08. The third-order valence-corrected chi connectivity index (χ3v) is 3.00. The Morgan fingerprint density at radius 2 is 1.94 bits per heavy atom. The number of rotatable bonds is 4. The van der Waals surface area contributed by atoms with Crippen LogP contribution in [0.1, 0.15) is 30.0 Å². The van der Waals surface area contributed by atoms with E-state index in [2.05, 4.69) is 19.2 Å². The summed E-state index contributed by atoms with van der Waals surface area (Å²) in [6, 6.07) is 10.1. The maximum Gasteiger partial charge on any atom is 0.126 e. The molecule has 0 bridgehead atoms. The van der Waals surface area contributed by atoms with Gasteiger partial charge >= 0.3 is 0 Å². The lowest BCUT2D eigenvalue weighted by atomic mass is 10.1. The summed E-state index contributed by atoms with van der Waals surface area (Å²) in [4.78, 5) is 0. The zero-order valence-electron chi connectivity index (χ0n) is 11.3. The molecule has 0 aliphatic heterocycles. The van der Waals surface area contributed by atoms with E-state index >= 15 is 0 Å². The fraction of sp³-hybridized carbons (Fsp3) is 0.333. The minimum absolute atomic E-state index is 0.129. The molecule has 1 heterocycles. The van der Waals surface area contributed by atoms with Gasteiger partial charge in [0.15, 0.2) is 0 Å². The molecule has 1 unspecified atom stereocenters. The molecule has 0 saturated carbocycles. The van der Waals surface area contributed by atoms with Gasteiger partial charge < -0.3 is 14.5 Å². The van der Waals surface area contributed by atoms with Crippen molar-refractivity contribution in [2.24, 2.45) is 0 Å². The molecule has 0 amide bonds. The van der Waals surface area contributed by atoms with E-state index in [1.807, 2.05) is 37.3 Å². The van der Waals surface area contributed by atoms with Gasteiger partial charge in [-0.2, -0.15) is 0 Å². The quantitative estimate of drug-likeness (QED) is 0.881. The topological polar surface area (TPSA) is 34.4 Å². The third kappa shape index (κ3) is 2.67. The molecule has 0 saturated heterocycles. The average Bonchev–Trinajstić information content (AvgIpc) is 2.79. The second kappa shape index (κ2) is 5.17. The fourth-order valence-corrected chi connectivity index (χ4v) is 1.87. The molecule has 1 atom stereocenters. The van der Waals surface area contributed by atoms with Crippen LogP contribution in [0.2, 0.25) is 0 Å². The Balaban J connectivity index is 2.18. The van der Waals surface area contributed by atoms with Crippen molar-refractivity contribution in [1.29, 1.82) is 0 Å². The van der Waals surface area contributed by atoms with Gasteiger partial charge in [-0.15, -0.1) is 0 Å². The highest BCUT2D eigenvalue weighted by Crippen LogP contribution is 2.26. The summed E-state index contributed by atoms with van der Waals surface area (Å²) in [6.07, 6.45) is 0. The summed E-state index contributed by atoms with van der Waals surface area (Å²) in [6.45, 7) is 6.10. The molecule has 1 aromatic heterocycles. The van der Waals surface area contributed by atoms with Crippen LogP contribution in [0, 0.1) is 13.8 Å². The van der Waals surface area contributed by atoms with Gasteiger partial charge in [-0.1, -0.05) is 6.07 Å². The van der Waals surface area contributed by atoms with Gasteiger partial charge in [0.1, 0.15) is 17.3 Å². The normalized spacial score (nSPS) is 12.2. The summed E-state index contributed by atoms with van der Waals surface area (Å²) >= 11 is 0. The molecule has 96 valence electrons. The molecule has 3 nitrogen and oxygen atoms in total. The van der Waals surface area contributed by atoms with Crippen LogP contribution in [0.3, 0.4) is 0 Å². The first-order chi connectivity index (χ1) is 8.60. The van der Waals surface area contributed by atoms with Crippen LogP contribution in [0.4, 0.5) is 5.69 Å². The summed E-state index contributed by atoms with van der Waals surface area (Å²) in [7, 11) is 1.67. The van der Waals surface area contributed by atoms with Crippen LogP contribution < -0.4 is 10.1 Å². The van der Waals surface area contributed by atoms with E-state index in [0.717, 1.165) is 23.0 Å². The second-order valence-corrected chi connectivity index (χ2v) is 4.50. The Hall–Kier alpha value is -1.90. The van der Waals surface area contributed by atoms with Crippen LogP contribution in [-0.2, 0) is 0 Å². The number of ether oxygens (including phenoxy) is 1. The van der Waals surface area contributed by atoms with Gasteiger partial charge in [0.2, 0.25) is 0 Å². The zero-order chi connectivity index (χ0) is 13.1. The molecule has 0 radical (unpaired) electrons. The van der Waals surface area contributed by atoms with Crippen molar-refractivity contribution in [3.8, 4) is 5.75 Å². The number of anilines is 1. The monoisotopic (exact) mass is 245 g/mol. The van der Waals surface area contributed by atoms with Gasteiger partial charge in [0.25, 0.3) is 0 Å². The van der Waals surface area contributed by atoms with Crippen molar-refractivity contribution in [1.82, 2.24) is 0 Å². The lowest BCUT2D eigenvalue weighted by Crippen LogP contribution is -2.06. The van der Waals surface area contributed by atoms with E-state index in [0.29, 0.717) is 0 Å². The highest BCUT2D eigenvalue weighted by molar-refractivity contribution is 5.55. The summed E-state index contributed by atoms with van der Waals surface area (Å²) in [5.74, 6) is 2.72. The van der Waals surface area contributed by atoms with Gasteiger partial charge in [0, 0.05) is 11.8 Å². The minimum atomic E-state index is 0.129. The van der Waals surface area contributed by atoms with Crippen LogP contribution in [0.25, 0.3) is 0 Å². The van der Waals surface area contributed by atoms with Gasteiger partial charge in [-0.25, -0.2) is 0 Å². The molecule has 1 aromatic carbocycles. The predicted molar refractivity (Wildman–Crippen MR) is 73.2 cm³/mol. The van der Waals surface area contributed by atoms with E-state index in [4.69, 9.17) is 9.15 Å². The van der Waals surface area contributed by atoms with Crippen molar-refractivity contribution in [2.75, 3.05) is 12.4 Å². The highest BCUT2D eigenvalue weighted by Gasteiger charge is 2.10. The molecule has 0 aliphatic carbocycles. The summed E-state index contributed by atoms with van der Waals surface area (Å²) in [5.41, 5.74) is 2.25. The van der Waals surface area contributed by atoms with Crippen molar-refractivity contribution < 1.29 is 9.15 Å². The number of methoxy groups -OCH3 is 1. The van der Waals surface area contributed by atoms with E-state index in [9.17, 15) is 0 Å². The molecule has 18 heavy (non-hydrogen) atoms. The molecule has 3 heteroatoms. The Morgan fingerprint density at radius 1 is 1.17 bits per heavy atom. The highest BCUT2D eigenvalue weighted by atomic mass is 16.5. The van der Waals surface area contributed by atoms with Crippen LogP contribution in [0.15, 0.2) is 34.7 Å². The third-order valence-electron chi connectivity index (χ3n) is 3.00. The van der Waals surface area contributed by atoms with Crippen molar-refractivity contribution in [3.63, 3.8) is 0 Å². The van der Waals surface area contributed by atoms with E-state index in [1.54, 1.807) is 7.11 Å². The maximum atomic E-state index is 5.62. The number of nitrogens with one attached hydrogen (secondary N) is 1. The molecule has 0 aliphatic rings. The van der Waals surface area contributed by atoms with Crippen molar-refractivity contribution in [3.05, 3.63) is 47.4 Å². The fourth-order valence-electron chi connectivity index (χ4n) is 1.87. The van der Waals surface area contributed by atoms with Gasteiger partial charge in [0.05, 0.1) is 13.2 Å². The number of furan rings is 1. The number of aryl methyl sites for hydroxylation is 2. The first kappa shape index (κ1) is 12.6. The molecule has 1 N–H and O–H groups in total. The Bertz CT molecular complexity index is 531. The molecule has 2 aromatic rings. The Kier molecular flexibility index (Phi) is 3.60. The van der Waals surface area contributed by atoms with Gasteiger partial charge in [-0.3, -0.25) is 0 Å². The molecule has 2 rings (SSSR count). The van der Waals surface area contributed by atoms with Crippen LogP contribution in [-0.4, -0.2) is 7.11 Å². The first-order valence-corrected chi connectivity index (χ1v) is 6.07. The SMILES string of the molecule is COc1ccc(C)c(NC(C)c2ccc(C)o2)c1. The molecule has 0 fully saturated rings. The Labute approximate surface area is 108 Å². The zero-order valence-corrected chi connectivity index (χ0v) is 11.3. The molecule has 0 spiro atoms. The smallest absolute Gasteiger partial charge is 0.126 e. The van der Waals surface area contributed by atoms with Crippen LogP contribution >= 0.6 is 0 Å². The summed E-state index contributed by atoms with van der Waals surface area (Å²) in [5, 5.41) is 3.44. The summed E-state index contributed by atoms with van der Waals surface area (Å²) < 4.78 is 10.9. The lowest BCUT2D eigenvalue weighted by Gasteiger charge is -2.16. The maximum absolute atomic E-state index is 5.62. The van der Waals surface area contributed by atoms with Crippen molar-refractivity contribution in [2.45, 2.75) is 26.8 Å². The minimum Gasteiger partial charge on any atom is -0.497 e. The molecular formula is C15H19NO2. The first-order valence-electron chi connectivity index (χ1n) is 6.07. The van der Waals surface area contributed by atoms with E-state index in [1.165, 1.54) is 5.56 Å². The number of hydrogen-bond acceptors (Lipinski definition) is 3. The average molecular weight is 245 g/mol.